The van der Waals surface area contributed by atoms with Crippen molar-refractivity contribution < 1.29 is 14.3 Å². The summed E-state index contributed by atoms with van der Waals surface area (Å²) < 4.78 is 5.53. The highest BCUT2D eigenvalue weighted by molar-refractivity contribution is 5.96. The van der Waals surface area contributed by atoms with Gasteiger partial charge >= 0.3 is 0 Å². The van der Waals surface area contributed by atoms with E-state index in [0.29, 0.717) is 17.0 Å². The van der Waals surface area contributed by atoms with Crippen LogP contribution in [-0.4, -0.2) is 36.4 Å². The van der Waals surface area contributed by atoms with Gasteiger partial charge in [0.25, 0.3) is 11.8 Å². The van der Waals surface area contributed by atoms with Gasteiger partial charge in [-0.25, -0.2) is 0 Å². The van der Waals surface area contributed by atoms with Gasteiger partial charge < -0.3 is 15.0 Å². The second-order valence-corrected chi connectivity index (χ2v) is 6.66. The number of ether oxygens (including phenoxy) is 1. The number of carbonyl (C=O) groups excluding carboxylic acids is 2. The quantitative estimate of drug-likeness (QED) is 0.895. The Morgan fingerprint density at radius 2 is 1.69 bits per heavy atom. The van der Waals surface area contributed by atoms with Crippen molar-refractivity contribution in [1.29, 1.82) is 0 Å². The number of benzene rings is 2. The number of nitrogens with zero attached hydrogens (tertiary/aromatic N) is 1. The zero-order valence-corrected chi connectivity index (χ0v) is 15.2. The molecule has 5 heteroatoms. The van der Waals surface area contributed by atoms with Gasteiger partial charge in [0.05, 0.1) is 0 Å². The molecule has 0 spiro atoms. The monoisotopic (exact) mass is 352 g/mol. The van der Waals surface area contributed by atoms with E-state index in [1.165, 1.54) is 5.56 Å². The van der Waals surface area contributed by atoms with Crippen LogP contribution in [0.2, 0.25) is 0 Å². The van der Waals surface area contributed by atoms with E-state index in [1.54, 1.807) is 24.3 Å². The van der Waals surface area contributed by atoms with E-state index in [0.717, 1.165) is 31.5 Å². The number of amides is 2. The van der Waals surface area contributed by atoms with Crippen molar-refractivity contribution in [1.82, 2.24) is 4.90 Å². The number of hydrogen-bond acceptors (Lipinski definition) is 3. The van der Waals surface area contributed by atoms with E-state index in [4.69, 9.17) is 4.74 Å². The van der Waals surface area contributed by atoms with Crippen LogP contribution < -0.4 is 10.1 Å². The first-order valence-electron chi connectivity index (χ1n) is 8.92. The minimum Gasteiger partial charge on any atom is -0.484 e. The smallest absolute Gasteiger partial charge is 0.262 e. The van der Waals surface area contributed by atoms with E-state index < -0.39 is 0 Å². The van der Waals surface area contributed by atoms with Crippen molar-refractivity contribution in [2.45, 2.75) is 26.7 Å². The average Bonchev–Trinajstić information content (AvgIpc) is 3.17. The topological polar surface area (TPSA) is 58.6 Å². The van der Waals surface area contributed by atoms with Gasteiger partial charge in [-0.05, 0) is 74.2 Å². The first-order valence-corrected chi connectivity index (χ1v) is 8.92. The van der Waals surface area contributed by atoms with Crippen molar-refractivity contribution in [3.8, 4) is 5.75 Å². The third-order valence-corrected chi connectivity index (χ3v) is 4.66. The van der Waals surface area contributed by atoms with E-state index >= 15 is 0 Å². The molecule has 0 unspecified atom stereocenters. The Kier molecular flexibility index (Phi) is 5.56. The second kappa shape index (κ2) is 8.04. The summed E-state index contributed by atoms with van der Waals surface area (Å²) in [5.74, 6) is 0.495. The lowest BCUT2D eigenvalue weighted by Gasteiger charge is -2.15. The molecule has 1 aliphatic heterocycles. The lowest BCUT2D eigenvalue weighted by molar-refractivity contribution is -0.118. The summed E-state index contributed by atoms with van der Waals surface area (Å²) in [6, 6.07) is 12.7. The Morgan fingerprint density at radius 1 is 1.00 bits per heavy atom. The summed E-state index contributed by atoms with van der Waals surface area (Å²) in [6.45, 7) is 5.63. The zero-order valence-electron chi connectivity index (χ0n) is 15.2. The summed E-state index contributed by atoms with van der Waals surface area (Å²) >= 11 is 0. The molecular formula is C21H24N2O3. The Balaban J connectivity index is 1.52. The highest BCUT2D eigenvalue weighted by Crippen LogP contribution is 2.17. The molecular weight excluding hydrogens is 328 g/mol. The molecule has 0 aliphatic carbocycles. The minimum absolute atomic E-state index is 0.0541. The van der Waals surface area contributed by atoms with Crippen LogP contribution in [0.25, 0.3) is 0 Å². The van der Waals surface area contributed by atoms with Crippen LogP contribution in [0, 0.1) is 13.8 Å². The van der Waals surface area contributed by atoms with E-state index in [9.17, 15) is 9.59 Å². The predicted octanol–water partition coefficient (Wildman–Crippen LogP) is 3.56. The standard InChI is InChI=1S/C21H24N2O3/c1-15-5-10-19(13-16(15)2)26-14-20(24)22-18-8-6-17(7-9-18)21(25)23-11-3-4-12-23/h5-10,13H,3-4,11-12,14H2,1-2H3,(H,22,24). The maximum Gasteiger partial charge on any atom is 0.262 e. The van der Waals surface area contributed by atoms with Crippen molar-refractivity contribution in [2.75, 3.05) is 25.0 Å². The lowest BCUT2D eigenvalue weighted by atomic mass is 10.1. The SMILES string of the molecule is Cc1ccc(OCC(=O)Nc2ccc(C(=O)N3CCCC3)cc2)cc1C. The van der Waals surface area contributed by atoms with E-state index in [1.807, 2.05) is 36.9 Å². The molecule has 2 aromatic carbocycles. The second-order valence-electron chi connectivity index (χ2n) is 6.66. The fourth-order valence-electron chi connectivity index (χ4n) is 2.95. The van der Waals surface area contributed by atoms with Crippen LogP contribution in [0.5, 0.6) is 5.75 Å². The molecule has 2 amide bonds. The molecule has 0 atom stereocenters. The first kappa shape index (κ1) is 18.0. The summed E-state index contributed by atoms with van der Waals surface area (Å²) in [4.78, 5) is 26.2. The Morgan fingerprint density at radius 3 is 2.35 bits per heavy atom. The molecule has 26 heavy (non-hydrogen) atoms. The Bertz CT molecular complexity index is 793. The molecule has 1 aliphatic rings. The number of hydrogen-bond donors (Lipinski definition) is 1. The summed E-state index contributed by atoms with van der Waals surface area (Å²) in [6.07, 6.45) is 2.14. The van der Waals surface area contributed by atoms with Crippen molar-refractivity contribution in [3.63, 3.8) is 0 Å². The van der Waals surface area contributed by atoms with Gasteiger partial charge in [0.15, 0.2) is 6.61 Å². The highest BCUT2D eigenvalue weighted by Gasteiger charge is 2.19. The number of nitrogens with one attached hydrogen (secondary N) is 1. The van der Waals surface area contributed by atoms with Crippen molar-refractivity contribution in [3.05, 3.63) is 59.2 Å². The Labute approximate surface area is 154 Å². The Hall–Kier alpha value is -2.82. The molecule has 1 heterocycles. The third-order valence-electron chi connectivity index (χ3n) is 4.66. The number of anilines is 1. The molecule has 5 nitrogen and oxygen atoms in total. The summed E-state index contributed by atoms with van der Waals surface area (Å²) in [5.41, 5.74) is 3.61. The fraction of sp³-hybridized carbons (Fsp3) is 0.333. The molecule has 0 aromatic heterocycles. The van der Waals surface area contributed by atoms with Crippen LogP contribution in [0.15, 0.2) is 42.5 Å². The molecule has 2 aromatic rings. The van der Waals surface area contributed by atoms with Gasteiger partial charge in [-0.1, -0.05) is 6.07 Å². The van der Waals surface area contributed by atoms with Gasteiger partial charge in [-0.15, -0.1) is 0 Å². The van der Waals surface area contributed by atoms with Gasteiger partial charge in [-0.2, -0.15) is 0 Å². The van der Waals surface area contributed by atoms with Crippen LogP contribution in [-0.2, 0) is 4.79 Å². The van der Waals surface area contributed by atoms with Crippen molar-refractivity contribution >= 4 is 17.5 Å². The molecule has 0 bridgehead atoms. The molecule has 0 saturated carbocycles. The molecule has 1 saturated heterocycles. The molecule has 3 rings (SSSR count). The number of likely N-dealkylation sites (tertiary alicyclic amines) is 1. The number of carbonyl (C=O) groups is 2. The third kappa shape index (κ3) is 4.42. The van der Waals surface area contributed by atoms with Gasteiger partial charge in [0.2, 0.25) is 0 Å². The molecule has 136 valence electrons. The predicted molar refractivity (Wildman–Crippen MR) is 102 cm³/mol. The van der Waals surface area contributed by atoms with Gasteiger partial charge in [-0.3, -0.25) is 9.59 Å². The lowest BCUT2D eigenvalue weighted by Crippen LogP contribution is -2.27. The minimum atomic E-state index is -0.234. The maximum atomic E-state index is 12.3. The van der Waals surface area contributed by atoms with Gasteiger partial charge in [0, 0.05) is 24.3 Å². The maximum absolute atomic E-state index is 12.3. The molecule has 1 fully saturated rings. The van der Waals surface area contributed by atoms with Crippen LogP contribution in [0.1, 0.15) is 34.3 Å². The normalized spacial score (nSPS) is 13.5. The molecule has 1 N–H and O–H groups in total. The van der Waals surface area contributed by atoms with Crippen LogP contribution >= 0.6 is 0 Å². The zero-order chi connectivity index (χ0) is 18.5. The fourth-order valence-corrected chi connectivity index (χ4v) is 2.95. The largest absolute Gasteiger partial charge is 0.484 e. The van der Waals surface area contributed by atoms with Crippen LogP contribution in [0.4, 0.5) is 5.69 Å². The van der Waals surface area contributed by atoms with Crippen molar-refractivity contribution in [2.24, 2.45) is 0 Å². The summed E-state index contributed by atoms with van der Waals surface area (Å²) in [5, 5.41) is 2.79. The highest BCUT2D eigenvalue weighted by atomic mass is 16.5. The van der Waals surface area contributed by atoms with E-state index in [2.05, 4.69) is 5.32 Å². The first-order chi connectivity index (χ1) is 12.5. The summed E-state index contributed by atoms with van der Waals surface area (Å²) in [7, 11) is 0. The number of aryl methyl sites for hydroxylation is 2. The average molecular weight is 352 g/mol. The van der Waals surface area contributed by atoms with Crippen LogP contribution in [0.3, 0.4) is 0 Å². The molecule has 0 radical (unpaired) electrons. The van der Waals surface area contributed by atoms with E-state index in [-0.39, 0.29) is 18.4 Å². The van der Waals surface area contributed by atoms with Gasteiger partial charge in [0.1, 0.15) is 5.75 Å². The number of rotatable bonds is 5.